The first-order chi connectivity index (χ1) is 20.8. The molecule has 2 aliphatic carbocycles. The molecule has 0 unspecified atom stereocenters. The zero-order chi connectivity index (χ0) is 31.4. The number of carbonyl (C=O) groups excluding carboxylic acids is 1. The van der Waals surface area contributed by atoms with Crippen LogP contribution in [0.25, 0.3) is 11.8 Å². The summed E-state index contributed by atoms with van der Waals surface area (Å²) in [4.78, 5) is 17.0. The number of sulfonamides is 1. The highest BCUT2D eigenvalue weighted by Crippen LogP contribution is 2.52. The van der Waals surface area contributed by atoms with E-state index in [2.05, 4.69) is 20.4 Å². The van der Waals surface area contributed by atoms with Crippen molar-refractivity contribution in [3.8, 4) is 5.69 Å². The molecule has 2 atom stereocenters. The number of fused-ring (bicyclic) bond motifs is 2. The van der Waals surface area contributed by atoms with Crippen molar-refractivity contribution in [2.45, 2.75) is 42.9 Å². The Morgan fingerprint density at radius 2 is 1.95 bits per heavy atom. The number of hydrogen-bond acceptors (Lipinski definition) is 8. The zero-order valence-corrected chi connectivity index (χ0v) is 24.6. The molecule has 0 N–H and O–H groups in total. The lowest BCUT2D eigenvalue weighted by Gasteiger charge is -2.46. The van der Waals surface area contributed by atoms with Crippen molar-refractivity contribution in [2.24, 2.45) is 12.5 Å². The van der Waals surface area contributed by atoms with Crippen molar-refractivity contribution < 1.29 is 35.2 Å². The Hall–Kier alpha value is -3.83. The van der Waals surface area contributed by atoms with Crippen LogP contribution in [0.4, 0.5) is 22.0 Å². The van der Waals surface area contributed by atoms with E-state index in [9.17, 15) is 35.2 Å². The molecule has 0 saturated heterocycles. The van der Waals surface area contributed by atoms with Gasteiger partial charge in [-0.25, -0.2) is 26.9 Å². The number of halogens is 5. The van der Waals surface area contributed by atoms with E-state index in [0.717, 1.165) is 4.31 Å². The van der Waals surface area contributed by atoms with Crippen molar-refractivity contribution in [1.29, 1.82) is 0 Å². The number of nitrogens with zero attached hydrogens (tertiary/aromatic N) is 7. The number of carbonyl (C=O) groups is 1. The van der Waals surface area contributed by atoms with Crippen LogP contribution in [0.3, 0.4) is 0 Å². The first-order valence-corrected chi connectivity index (χ1v) is 15.6. The van der Waals surface area contributed by atoms with E-state index < -0.39 is 62.4 Å². The standard InChI is InChI=1S/C27H24F5N7O3S2/c1-37-15-23(35-36-37)44(41,42)38(9-8-28)20-5-2-17-10-21-16(13-34-39(21)19-6-3-18(29)4-7-19)11-26(17,12-20)24(40)25-33-14-22(43-25)27(30,31)32/h3-4,6-7,10,13-15,20H,2,5,8-9,11-12H2,1H3/t20-,26-/m0/s1. The summed E-state index contributed by atoms with van der Waals surface area (Å²) in [6.07, 6.45) is 0.557. The Morgan fingerprint density at radius 1 is 1.20 bits per heavy atom. The number of hydrogen-bond donors (Lipinski definition) is 0. The fourth-order valence-corrected chi connectivity index (χ4v) is 8.35. The Morgan fingerprint density at radius 3 is 2.59 bits per heavy atom. The van der Waals surface area contributed by atoms with Gasteiger partial charge in [-0.3, -0.25) is 9.48 Å². The molecule has 1 fully saturated rings. The molecule has 0 bridgehead atoms. The van der Waals surface area contributed by atoms with Crippen LogP contribution in [0.2, 0.25) is 0 Å². The Kier molecular flexibility index (Phi) is 7.52. The van der Waals surface area contributed by atoms with Gasteiger partial charge in [0.15, 0.2) is 5.01 Å². The molecule has 1 aromatic carbocycles. The molecule has 6 rings (SSSR count). The third-order valence-corrected chi connectivity index (χ3v) is 10.8. The molecule has 44 heavy (non-hydrogen) atoms. The van der Waals surface area contributed by atoms with E-state index in [1.54, 1.807) is 10.8 Å². The summed E-state index contributed by atoms with van der Waals surface area (Å²) in [7, 11) is -2.87. The van der Waals surface area contributed by atoms with Gasteiger partial charge in [0, 0.05) is 19.6 Å². The number of ketones is 1. The second kappa shape index (κ2) is 11.0. The second-order valence-electron chi connectivity index (χ2n) is 10.7. The summed E-state index contributed by atoms with van der Waals surface area (Å²) < 4.78 is 98.7. The molecule has 3 heterocycles. The van der Waals surface area contributed by atoms with Crippen molar-refractivity contribution in [3.05, 3.63) is 75.4 Å². The molecule has 0 spiro atoms. The van der Waals surface area contributed by atoms with Gasteiger partial charge < -0.3 is 0 Å². The van der Waals surface area contributed by atoms with Crippen molar-refractivity contribution >= 4 is 33.2 Å². The second-order valence-corrected chi connectivity index (χ2v) is 13.5. The molecule has 4 aromatic rings. The summed E-state index contributed by atoms with van der Waals surface area (Å²) >= 11 is 0.220. The number of benzene rings is 1. The molecule has 0 radical (unpaired) electrons. The molecular formula is C27H24F5N7O3S2. The topological polar surface area (TPSA) is 116 Å². The minimum atomic E-state index is -4.71. The highest BCUT2D eigenvalue weighted by molar-refractivity contribution is 7.89. The monoisotopic (exact) mass is 653 g/mol. The van der Waals surface area contributed by atoms with Gasteiger partial charge in [-0.2, -0.15) is 22.6 Å². The molecule has 10 nitrogen and oxygen atoms in total. The third kappa shape index (κ3) is 5.15. The highest BCUT2D eigenvalue weighted by atomic mass is 32.2. The Balaban J connectivity index is 1.44. The van der Waals surface area contributed by atoms with Gasteiger partial charge in [-0.15, -0.1) is 16.4 Å². The number of aromatic nitrogens is 6. The van der Waals surface area contributed by atoms with E-state index in [0.29, 0.717) is 28.7 Å². The summed E-state index contributed by atoms with van der Waals surface area (Å²) in [6.45, 7) is -1.54. The number of thiazole rings is 1. The summed E-state index contributed by atoms with van der Waals surface area (Å²) in [5.74, 6) is -1.13. The van der Waals surface area contributed by atoms with Gasteiger partial charge in [-0.1, -0.05) is 10.8 Å². The molecule has 0 amide bonds. The van der Waals surface area contributed by atoms with Crippen LogP contribution in [0.1, 0.15) is 45.2 Å². The van der Waals surface area contributed by atoms with Gasteiger partial charge >= 0.3 is 6.18 Å². The summed E-state index contributed by atoms with van der Waals surface area (Å²) in [5.41, 5.74) is 0.816. The fourth-order valence-electron chi connectivity index (χ4n) is 5.98. The van der Waals surface area contributed by atoms with Crippen LogP contribution in [-0.2, 0) is 29.7 Å². The maximum atomic E-state index is 14.3. The molecule has 2 aliphatic rings. The normalized spacial score (nSPS) is 20.3. The van der Waals surface area contributed by atoms with Crippen LogP contribution in [0.15, 0.2) is 53.5 Å². The molecule has 17 heteroatoms. The van der Waals surface area contributed by atoms with Gasteiger partial charge in [0.05, 0.1) is 35.4 Å². The summed E-state index contributed by atoms with van der Waals surface area (Å²) in [5, 5.41) is 11.0. The predicted octanol–water partition coefficient (Wildman–Crippen LogP) is 4.64. The van der Waals surface area contributed by atoms with Crippen molar-refractivity contribution in [3.63, 3.8) is 0 Å². The molecule has 1 saturated carbocycles. The van der Waals surface area contributed by atoms with Crippen LogP contribution in [0.5, 0.6) is 0 Å². The number of rotatable bonds is 8. The third-order valence-electron chi connectivity index (χ3n) is 7.99. The average molecular weight is 654 g/mol. The number of Topliss-reactive ketones (excluding diaryl/α,β-unsaturated/α-hetero) is 1. The lowest BCUT2D eigenvalue weighted by molar-refractivity contribution is -0.134. The molecular weight excluding hydrogens is 629 g/mol. The van der Waals surface area contributed by atoms with E-state index in [-0.39, 0.29) is 42.0 Å². The maximum absolute atomic E-state index is 14.3. The average Bonchev–Trinajstić information content (AvgIpc) is 3.74. The van der Waals surface area contributed by atoms with Crippen LogP contribution >= 0.6 is 11.3 Å². The van der Waals surface area contributed by atoms with Crippen LogP contribution in [-0.4, -0.2) is 67.5 Å². The zero-order valence-electron chi connectivity index (χ0n) is 23.0. The minimum absolute atomic E-state index is 0.0136. The Labute approximate surface area is 251 Å². The number of allylic oxidation sites excluding steroid dienone is 1. The molecule has 3 aromatic heterocycles. The Bertz CT molecular complexity index is 1860. The lowest BCUT2D eigenvalue weighted by atomic mass is 9.61. The van der Waals surface area contributed by atoms with E-state index in [1.165, 1.54) is 48.4 Å². The van der Waals surface area contributed by atoms with Gasteiger partial charge in [0.1, 0.15) is 17.4 Å². The number of aryl methyl sites for hydroxylation is 1. The van der Waals surface area contributed by atoms with Gasteiger partial charge in [-0.05, 0) is 61.6 Å². The van der Waals surface area contributed by atoms with Gasteiger partial charge in [0.2, 0.25) is 10.8 Å². The fraction of sp³-hybridized carbons (Fsp3) is 0.370. The smallest absolute Gasteiger partial charge is 0.290 e. The lowest BCUT2D eigenvalue weighted by Crippen LogP contribution is -2.51. The SMILES string of the molecule is Cn1cc(S(=O)(=O)N(CCF)[C@H]2CCC3=Cc4c(cnn4-c4ccc(F)cc4)C[C@]3(C(=O)c3ncc(C(F)(F)F)s3)C2)nn1. The maximum Gasteiger partial charge on any atom is 0.427 e. The van der Waals surface area contributed by atoms with Gasteiger partial charge in [0.25, 0.3) is 10.0 Å². The van der Waals surface area contributed by atoms with Crippen molar-refractivity contribution in [1.82, 2.24) is 34.1 Å². The number of alkyl halides is 4. The minimum Gasteiger partial charge on any atom is -0.290 e. The van der Waals surface area contributed by atoms with E-state index >= 15 is 0 Å². The first kappa shape index (κ1) is 30.2. The summed E-state index contributed by atoms with van der Waals surface area (Å²) in [6, 6.07) is 4.72. The van der Waals surface area contributed by atoms with Crippen LogP contribution < -0.4 is 0 Å². The largest absolute Gasteiger partial charge is 0.427 e. The van der Waals surface area contributed by atoms with Crippen molar-refractivity contribution in [2.75, 3.05) is 13.2 Å². The molecule has 232 valence electrons. The highest BCUT2D eigenvalue weighted by Gasteiger charge is 2.52. The predicted molar refractivity (Wildman–Crippen MR) is 148 cm³/mol. The quantitative estimate of drug-likeness (QED) is 0.201. The van der Waals surface area contributed by atoms with Crippen LogP contribution in [0, 0.1) is 11.2 Å². The van der Waals surface area contributed by atoms with E-state index in [1.807, 2.05) is 0 Å². The molecule has 0 aliphatic heterocycles. The van der Waals surface area contributed by atoms with E-state index in [4.69, 9.17) is 0 Å². The first-order valence-electron chi connectivity index (χ1n) is 13.4.